The van der Waals surface area contributed by atoms with Crippen LogP contribution < -0.4 is 10.6 Å². The Kier molecular flexibility index (Phi) is 7.47. The Balaban J connectivity index is 1.39. The lowest BCUT2D eigenvalue weighted by molar-refractivity contribution is -0.143. The molecular formula is C26H30N2O6. The van der Waals surface area contributed by atoms with Gasteiger partial charge in [-0.2, -0.15) is 0 Å². The second-order valence-electron chi connectivity index (χ2n) is 8.97. The molecule has 2 aromatic rings. The van der Waals surface area contributed by atoms with Gasteiger partial charge in [-0.1, -0.05) is 61.4 Å². The van der Waals surface area contributed by atoms with Gasteiger partial charge in [0, 0.05) is 18.4 Å². The van der Waals surface area contributed by atoms with Crippen LogP contribution in [0.3, 0.4) is 0 Å². The van der Waals surface area contributed by atoms with Crippen LogP contribution in [0.15, 0.2) is 48.5 Å². The molecule has 2 amide bonds. The zero-order chi connectivity index (χ0) is 24.1. The number of carbonyl (C=O) groups excluding carboxylic acids is 2. The Morgan fingerprint density at radius 3 is 2.09 bits per heavy atom. The van der Waals surface area contributed by atoms with Crippen LogP contribution in [-0.2, 0) is 14.3 Å². The number of hydrogen-bond acceptors (Lipinski definition) is 5. The predicted octanol–water partition coefficient (Wildman–Crippen LogP) is 3.04. The molecule has 2 aliphatic carbocycles. The molecule has 4 rings (SSSR count). The van der Waals surface area contributed by atoms with Crippen molar-refractivity contribution in [2.24, 2.45) is 5.92 Å². The van der Waals surface area contributed by atoms with Crippen molar-refractivity contribution in [1.82, 2.24) is 10.6 Å². The fourth-order valence-corrected chi connectivity index (χ4v) is 5.13. The first-order valence-corrected chi connectivity index (χ1v) is 11.7. The van der Waals surface area contributed by atoms with Crippen molar-refractivity contribution in [3.8, 4) is 11.1 Å². The molecule has 2 unspecified atom stereocenters. The number of alkyl carbamates (subject to hydrolysis) is 1. The highest BCUT2D eigenvalue weighted by Crippen LogP contribution is 2.44. The summed E-state index contributed by atoms with van der Waals surface area (Å²) in [5, 5.41) is 23.4. The monoisotopic (exact) mass is 466 g/mol. The smallest absolute Gasteiger partial charge is 0.407 e. The first kappa shape index (κ1) is 23.8. The number of rotatable bonds is 9. The molecule has 0 aromatic heterocycles. The van der Waals surface area contributed by atoms with E-state index in [0.29, 0.717) is 0 Å². The molecule has 0 aliphatic heterocycles. The van der Waals surface area contributed by atoms with E-state index >= 15 is 0 Å². The highest BCUT2D eigenvalue weighted by atomic mass is 16.5. The molecule has 2 aromatic carbocycles. The number of aliphatic hydroxyl groups excluding tert-OH is 1. The fraction of sp³-hybridized carbons (Fsp3) is 0.423. The van der Waals surface area contributed by atoms with E-state index in [1.54, 1.807) is 0 Å². The maximum atomic E-state index is 12.8. The van der Waals surface area contributed by atoms with Gasteiger partial charge < -0.3 is 25.6 Å². The minimum atomic E-state index is -1.37. The van der Waals surface area contributed by atoms with Gasteiger partial charge in [-0.05, 0) is 41.0 Å². The molecule has 34 heavy (non-hydrogen) atoms. The van der Waals surface area contributed by atoms with Crippen molar-refractivity contribution in [3.63, 3.8) is 0 Å². The number of aliphatic carboxylic acids is 1. The summed E-state index contributed by atoms with van der Waals surface area (Å²) in [7, 11) is 0. The zero-order valence-electron chi connectivity index (χ0n) is 18.9. The Morgan fingerprint density at radius 1 is 0.941 bits per heavy atom. The van der Waals surface area contributed by atoms with E-state index < -0.39 is 36.7 Å². The minimum absolute atomic E-state index is 0.0627. The third kappa shape index (κ3) is 5.22. The number of fused-ring (bicyclic) bond motifs is 3. The second-order valence-corrected chi connectivity index (χ2v) is 8.97. The summed E-state index contributed by atoms with van der Waals surface area (Å²) >= 11 is 0. The van der Waals surface area contributed by atoms with Gasteiger partial charge in [0.15, 0.2) is 0 Å². The molecule has 0 radical (unpaired) electrons. The Morgan fingerprint density at radius 2 is 1.53 bits per heavy atom. The van der Waals surface area contributed by atoms with E-state index in [0.717, 1.165) is 47.9 Å². The molecule has 0 heterocycles. The van der Waals surface area contributed by atoms with Crippen molar-refractivity contribution in [2.45, 2.75) is 50.1 Å². The number of benzene rings is 2. The minimum Gasteiger partial charge on any atom is -0.480 e. The lowest BCUT2D eigenvalue weighted by Gasteiger charge is -2.25. The number of amides is 2. The van der Waals surface area contributed by atoms with E-state index in [2.05, 4.69) is 22.8 Å². The van der Waals surface area contributed by atoms with Crippen molar-refractivity contribution in [2.75, 3.05) is 13.2 Å². The van der Waals surface area contributed by atoms with Gasteiger partial charge in [0.2, 0.25) is 5.91 Å². The van der Waals surface area contributed by atoms with Gasteiger partial charge in [0.05, 0.1) is 6.61 Å². The SMILES string of the molecule is O=C(CC(NC(=O)OCC1c2ccccc2-c2ccccc21)C1CCCC1)NC(CO)C(=O)O. The molecule has 0 spiro atoms. The van der Waals surface area contributed by atoms with Crippen LogP contribution in [0, 0.1) is 5.92 Å². The van der Waals surface area contributed by atoms with Gasteiger partial charge in [-0.15, -0.1) is 0 Å². The Bertz CT molecular complexity index is 1000. The zero-order valence-corrected chi connectivity index (χ0v) is 18.9. The summed E-state index contributed by atoms with van der Waals surface area (Å²) in [6.07, 6.45) is 3.13. The average molecular weight is 467 g/mol. The molecule has 180 valence electrons. The molecule has 2 atom stereocenters. The van der Waals surface area contributed by atoms with E-state index in [1.165, 1.54) is 0 Å². The second kappa shape index (κ2) is 10.7. The number of ether oxygens (including phenoxy) is 1. The van der Waals surface area contributed by atoms with E-state index in [1.807, 2.05) is 36.4 Å². The number of hydrogen-bond donors (Lipinski definition) is 4. The molecule has 0 bridgehead atoms. The number of carbonyl (C=O) groups is 3. The third-order valence-electron chi connectivity index (χ3n) is 6.84. The normalized spacial score (nSPS) is 16.9. The Hall–Kier alpha value is -3.39. The van der Waals surface area contributed by atoms with Crippen molar-refractivity contribution < 1.29 is 29.3 Å². The highest BCUT2D eigenvalue weighted by molar-refractivity contribution is 5.84. The maximum Gasteiger partial charge on any atom is 0.407 e. The maximum absolute atomic E-state index is 12.8. The largest absolute Gasteiger partial charge is 0.480 e. The molecule has 4 N–H and O–H groups in total. The summed E-state index contributed by atoms with van der Waals surface area (Å²) < 4.78 is 5.64. The summed E-state index contributed by atoms with van der Waals surface area (Å²) in [6, 6.07) is 14.3. The quantitative estimate of drug-likeness (QED) is 0.450. The van der Waals surface area contributed by atoms with Gasteiger partial charge in [-0.3, -0.25) is 4.79 Å². The average Bonchev–Trinajstić information content (AvgIpc) is 3.47. The van der Waals surface area contributed by atoms with E-state index in [9.17, 15) is 14.4 Å². The van der Waals surface area contributed by atoms with Gasteiger partial charge in [-0.25, -0.2) is 9.59 Å². The van der Waals surface area contributed by atoms with Crippen LogP contribution in [0.25, 0.3) is 11.1 Å². The summed E-state index contributed by atoms with van der Waals surface area (Å²) in [4.78, 5) is 36.3. The lowest BCUT2D eigenvalue weighted by Crippen LogP contribution is -2.48. The number of carboxylic acids is 1. The molecule has 8 nitrogen and oxygen atoms in total. The first-order chi connectivity index (χ1) is 16.5. The number of carboxylic acid groups (broad SMARTS) is 1. The molecule has 0 saturated heterocycles. The van der Waals surface area contributed by atoms with E-state index in [-0.39, 0.29) is 24.9 Å². The topological polar surface area (TPSA) is 125 Å². The van der Waals surface area contributed by atoms with Crippen LogP contribution in [-0.4, -0.2) is 53.5 Å². The third-order valence-corrected chi connectivity index (χ3v) is 6.84. The van der Waals surface area contributed by atoms with Crippen LogP contribution in [0.4, 0.5) is 4.79 Å². The Labute approximate surface area is 198 Å². The first-order valence-electron chi connectivity index (χ1n) is 11.7. The fourth-order valence-electron chi connectivity index (χ4n) is 5.13. The summed E-state index contributed by atoms with van der Waals surface area (Å²) in [5.74, 6) is -1.79. The molecular weight excluding hydrogens is 436 g/mol. The van der Waals surface area contributed by atoms with Crippen LogP contribution in [0.5, 0.6) is 0 Å². The lowest BCUT2D eigenvalue weighted by atomic mass is 9.95. The molecule has 1 saturated carbocycles. The van der Waals surface area contributed by atoms with Crippen molar-refractivity contribution >= 4 is 18.0 Å². The van der Waals surface area contributed by atoms with Crippen LogP contribution in [0.2, 0.25) is 0 Å². The van der Waals surface area contributed by atoms with E-state index in [4.69, 9.17) is 14.9 Å². The standard InChI is InChI=1S/C26H30N2O6/c29-14-23(25(31)32)27-24(30)13-22(16-7-1-2-8-16)28-26(33)34-15-21-19-11-5-3-9-17(19)18-10-4-6-12-20(18)21/h3-6,9-12,16,21-23,29H,1-2,7-8,13-15H2,(H,27,30)(H,28,33)(H,31,32). The van der Waals surface area contributed by atoms with Gasteiger partial charge >= 0.3 is 12.1 Å². The molecule has 1 fully saturated rings. The number of aliphatic hydroxyl groups is 1. The molecule has 2 aliphatic rings. The number of nitrogens with one attached hydrogen (secondary N) is 2. The van der Waals surface area contributed by atoms with Gasteiger partial charge in [0.1, 0.15) is 12.6 Å². The predicted molar refractivity (Wildman–Crippen MR) is 125 cm³/mol. The van der Waals surface area contributed by atoms with Gasteiger partial charge in [0.25, 0.3) is 0 Å². The highest BCUT2D eigenvalue weighted by Gasteiger charge is 2.32. The molecule has 8 heteroatoms. The van der Waals surface area contributed by atoms with Crippen LogP contribution >= 0.6 is 0 Å². The van der Waals surface area contributed by atoms with Crippen molar-refractivity contribution in [3.05, 3.63) is 59.7 Å². The summed E-state index contributed by atoms with van der Waals surface area (Å²) in [5.41, 5.74) is 4.52. The summed E-state index contributed by atoms with van der Waals surface area (Å²) in [6.45, 7) is -0.524. The van der Waals surface area contributed by atoms with Crippen LogP contribution in [0.1, 0.15) is 49.1 Å². The van der Waals surface area contributed by atoms with Crippen molar-refractivity contribution in [1.29, 1.82) is 0 Å².